The third-order valence-electron chi connectivity index (χ3n) is 3.11. The van der Waals surface area contributed by atoms with Crippen molar-refractivity contribution in [1.82, 2.24) is 5.32 Å². The first kappa shape index (κ1) is 15.3. The molecule has 3 N–H and O–H groups in total. The van der Waals surface area contributed by atoms with Crippen LogP contribution in [0.3, 0.4) is 0 Å². The fourth-order valence-electron chi connectivity index (χ4n) is 1.92. The highest BCUT2D eigenvalue weighted by Crippen LogP contribution is 2.30. The van der Waals surface area contributed by atoms with E-state index in [1.165, 1.54) is 0 Å². The van der Waals surface area contributed by atoms with Gasteiger partial charge in [-0.3, -0.25) is 10.1 Å². The molecule has 0 fully saturated rings. The molecular formula is C14H22N2O3. The molecular weight excluding hydrogens is 244 g/mol. The zero-order valence-electron chi connectivity index (χ0n) is 11.9. The predicted molar refractivity (Wildman–Crippen MR) is 74.4 cm³/mol. The summed E-state index contributed by atoms with van der Waals surface area (Å²) in [4.78, 5) is 11.2. The van der Waals surface area contributed by atoms with Gasteiger partial charge in [-0.1, -0.05) is 13.0 Å². The van der Waals surface area contributed by atoms with Gasteiger partial charge in [0, 0.05) is 6.04 Å². The minimum atomic E-state index is -0.338. The number of benzene rings is 1. The van der Waals surface area contributed by atoms with E-state index in [2.05, 4.69) is 5.32 Å². The number of carbonyl (C=O) groups is 1. The molecule has 0 bridgehead atoms. The molecule has 0 heterocycles. The van der Waals surface area contributed by atoms with Crippen molar-refractivity contribution in [2.75, 3.05) is 14.2 Å². The maximum absolute atomic E-state index is 11.2. The molecule has 0 saturated carbocycles. The summed E-state index contributed by atoms with van der Waals surface area (Å²) in [5, 5.41) is 3.20. The lowest BCUT2D eigenvalue weighted by Crippen LogP contribution is -2.41. The fourth-order valence-corrected chi connectivity index (χ4v) is 1.92. The van der Waals surface area contributed by atoms with Crippen LogP contribution in [0.25, 0.3) is 0 Å². The van der Waals surface area contributed by atoms with Crippen LogP contribution >= 0.6 is 0 Å². The Morgan fingerprint density at radius 2 is 1.95 bits per heavy atom. The zero-order chi connectivity index (χ0) is 14.4. The van der Waals surface area contributed by atoms with Crippen LogP contribution in [0.1, 0.15) is 31.9 Å². The fraction of sp³-hybridized carbons (Fsp3) is 0.500. The smallest absolute Gasteiger partial charge is 0.234 e. The van der Waals surface area contributed by atoms with E-state index in [-0.39, 0.29) is 18.0 Å². The van der Waals surface area contributed by atoms with Gasteiger partial charge < -0.3 is 15.2 Å². The number of primary amides is 1. The second-order valence-corrected chi connectivity index (χ2v) is 4.37. The number of amides is 1. The Hall–Kier alpha value is -1.75. The van der Waals surface area contributed by atoms with E-state index in [0.29, 0.717) is 17.9 Å². The average molecular weight is 266 g/mol. The van der Waals surface area contributed by atoms with Crippen molar-refractivity contribution in [3.05, 3.63) is 23.8 Å². The Labute approximate surface area is 114 Å². The first-order valence-corrected chi connectivity index (χ1v) is 6.30. The molecule has 1 rings (SSSR count). The Morgan fingerprint density at radius 3 is 2.42 bits per heavy atom. The predicted octanol–water partition coefficient (Wildman–Crippen LogP) is 1.62. The van der Waals surface area contributed by atoms with Crippen LogP contribution in [0.15, 0.2) is 18.2 Å². The molecule has 5 nitrogen and oxygen atoms in total. The van der Waals surface area contributed by atoms with E-state index in [4.69, 9.17) is 15.2 Å². The number of carbonyl (C=O) groups excluding carboxylic acids is 1. The molecule has 106 valence electrons. The molecule has 1 aromatic carbocycles. The maximum atomic E-state index is 11.2. The van der Waals surface area contributed by atoms with Crippen LogP contribution in [-0.2, 0) is 4.79 Å². The third-order valence-corrected chi connectivity index (χ3v) is 3.11. The van der Waals surface area contributed by atoms with Gasteiger partial charge in [0.2, 0.25) is 5.91 Å². The second kappa shape index (κ2) is 6.99. The quantitative estimate of drug-likeness (QED) is 0.786. The number of nitrogens with two attached hydrogens (primary N) is 1. The van der Waals surface area contributed by atoms with Crippen molar-refractivity contribution in [2.24, 2.45) is 5.73 Å². The Kier molecular flexibility index (Phi) is 5.63. The van der Waals surface area contributed by atoms with Gasteiger partial charge in [-0.25, -0.2) is 0 Å². The van der Waals surface area contributed by atoms with Gasteiger partial charge in [-0.2, -0.15) is 0 Å². The van der Waals surface area contributed by atoms with Crippen molar-refractivity contribution in [3.8, 4) is 11.5 Å². The number of nitrogens with one attached hydrogen (secondary N) is 1. The Bertz CT molecular complexity index is 435. The summed E-state index contributed by atoms with van der Waals surface area (Å²) in [5.41, 5.74) is 6.34. The van der Waals surface area contributed by atoms with E-state index in [1.54, 1.807) is 14.2 Å². The first-order valence-electron chi connectivity index (χ1n) is 6.30. The van der Waals surface area contributed by atoms with E-state index < -0.39 is 0 Å². The molecule has 1 amide bonds. The van der Waals surface area contributed by atoms with Crippen LogP contribution in [0.5, 0.6) is 11.5 Å². The molecule has 0 aliphatic carbocycles. The van der Waals surface area contributed by atoms with Crippen LogP contribution in [0.4, 0.5) is 0 Å². The molecule has 19 heavy (non-hydrogen) atoms. The maximum Gasteiger partial charge on any atom is 0.234 e. The standard InChI is InChI=1S/C14H22N2O3/c1-5-11(14(15)17)16-9(2)10-6-7-12(18-3)13(8-10)19-4/h6-9,11,16H,5H2,1-4H3,(H2,15,17). The summed E-state index contributed by atoms with van der Waals surface area (Å²) in [6.07, 6.45) is 0.660. The summed E-state index contributed by atoms with van der Waals surface area (Å²) >= 11 is 0. The van der Waals surface area contributed by atoms with Gasteiger partial charge in [-0.05, 0) is 31.0 Å². The number of hydrogen-bond acceptors (Lipinski definition) is 4. The molecule has 2 unspecified atom stereocenters. The molecule has 2 atom stereocenters. The minimum Gasteiger partial charge on any atom is -0.493 e. The second-order valence-electron chi connectivity index (χ2n) is 4.37. The molecule has 0 aliphatic heterocycles. The highest BCUT2D eigenvalue weighted by molar-refractivity contribution is 5.79. The van der Waals surface area contributed by atoms with E-state index in [0.717, 1.165) is 5.56 Å². The summed E-state index contributed by atoms with van der Waals surface area (Å²) in [6.45, 7) is 3.90. The lowest BCUT2D eigenvalue weighted by molar-refractivity contribution is -0.120. The number of rotatable bonds is 7. The van der Waals surface area contributed by atoms with Crippen molar-refractivity contribution in [1.29, 1.82) is 0 Å². The van der Waals surface area contributed by atoms with Crippen LogP contribution in [0, 0.1) is 0 Å². The molecule has 0 spiro atoms. The number of ether oxygens (including phenoxy) is 2. The molecule has 0 radical (unpaired) electrons. The average Bonchev–Trinajstić information content (AvgIpc) is 2.43. The Morgan fingerprint density at radius 1 is 1.32 bits per heavy atom. The van der Waals surface area contributed by atoms with Gasteiger partial charge >= 0.3 is 0 Å². The van der Waals surface area contributed by atoms with Gasteiger partial charge in [-0.15, -0.1) is 0 Å². The van der Waals surface area contributed by atoms with Crippen LogP contribution < -0.4 is 20.5 Å². The van der Waals surface area contributed by atoms with E-state index >= 15 is 0 Å². The van der Waals surface area contributed by atoms with Crippen LogP contribution in [0.2, 0.25) is 0 Å². The largest absolute Gasteiger partial charge is 0.493 e. The van der Waals surface area contributed by atoms with Crippen LogP contribution in [-0.4, -0.2) is 26.2 Å². The lowest BCUT2D eigenvalue weighted by Gasteiger charge is -2.21. The summed E-state index contributed by atoms with van der Waals surface area (Å²) in [7, 11) is 3.19. The normalized spacial score (nSPS) is 13.7. The van der Waals surface area contributed by atoms with E-state index in [1.807, 2.05) is 32.0 Å². The lowest BCUT2D eigenvalue weighted by atomic mass is 10.1. The molecule has 0 saturated heterocycles. The van der Waals surface area contributed by atoms with E-state index in [9.17, 15) is 4.79 Å². The summed E-state index contributed by atoms with van der Waals surface area (Å²) in [5.74, 6) is 1.01. The van der Waals surface area contributed by atoms with Crippen molar-refractivity contribution < 1.29 is 14.3 Å². The van der Waals surface area contributed by atoms with Crippen molar-refractivity contribution >= 4 is 5.91 Å². The van der Waals surface area contributed by atoms with Crippen molar-refractivity contribution in [2.45, 2.75) is 32.4 Å². The number of methoxy groups -OCH3 is 2. The van der Waals surface area contributed by atoms with Crippen molar-refractivity contribution in [3.63, 3.8) is 0 Å². The SMILES string of the molecule is CCC(NC(C)c1ccc(OC)c(OC)c1)C(N)=O. The summed E-state index contributed by atoms with van der Waals surface area (Å²) < 4.78 is 10.5. The summed E-state index contributed by atoms with van der Waals surface area (Å²) in [6, 6.07) is 5.34. The van der Waals surface area contributed by atoms with Gasteiger partial charge in [0.15, 0.2) is 11.5 Å². The van der Waals surface area contributed by atoms with Gasteiger partial charge in [0.1, 0.15) is 0 Å². The highest BCUT2D eigenvalue weighted by Gasteiger charge is 2.17. The monoisotopic (exact) mass is 266 g/mol. The topological polar surface area (TPSA) is 73.6 Å². The number of hydrogen-bond donors (Lipinski definition) is 2. The Balaban J connectivity index is 2.87. The van der Waals surface area contributed by atoms with Gasteiger partial charge in [0.05, 0.1) is 20.3 Å². The zero-order valence-corrected chi connectivity index (χ0v) is 11.9. The first-order chi connectivity index (χ1) is 9.03. The molecule has 1 aromatic rings. The van der Waals surface area contributed by atoms with Gasteiger partial charge in [0.25, 0.3) is 0 Å². The molecule has 0 aromatic heterocycles. The third kappa shape index (κ3) is 3.86. The molecule has 5 heteroatoms. The minimum absolute atomic E-state index is 0.00254. The molecule has 0 aliphatic rings. The highest BCUT2D eigenvalue weighted by atomic mass is 16.5.